The highest BCUT2D eigenvalue weighted by molar-refractivity contribution is 6.30. The molecule has 0 spiro atoms. The van der Waals surface area contributed by atoms with Gasteiger partial charge >= 0.3 is 0 Å². The number of hydrogen-bond acceptors (Lipinski definition) is 1. The summed E-state index contributed by atoms with van der Waals surface area (Å²) in [6.07, 6.45) is 6.36. The normalized spacial score (nSPS) is 18.3. The Labute approximate surface area is 114 Å². The number of nitrogens with one attached hydrogen (secondary N) is 1. The van der Waals surface area contributed by atoms with Crippen LogP contribution in [0.25, 0.3) is 0 Å². The zero-order valence-corrected chi connectivity index (χ0v) is 11.6. The molecule has 1 N–H and O–H groups in total. The van der Waals surface area contributed by atoms with Crippen molar-refractivity contribution in [1.82, 2.24) is 5.32 Å². The van der Waals surface area contributed by atoms with Crippen molar-refractivity contribution in [2.75, 3.05) is 0 Å². The molecule has 98 valence electrons. The molecule has 1 saturated carbocycles. The van der Waals surface area contributed by atoms with Gasteiger partial charge in [-0.2, -0.15) is 0 Å². The van der Waals surface area contributed by atoms with Crippen LogP contribution >= 0.6 is 11.6 Å². The van der Waals surface area contributed by atoms with Crippen molar-refractivity contribution in [1.29, 1.82) is 0 Å². The van der Waals surface area contributed by atoms with E-state index >= 15 is 0 Å². The third-order valence-electron chi connectivity index (χ3n) is 3.68. The molecule has 0 aliphatic heterocycles. The minimum Gasteiger partial charge on any atom is -0.351 e. The Morgan fingerprint density at radius 2 is 1.83 bits per heavy atom. The molecule has 0 bridgehead atoms. The fraction of sp³-hybridized carbons (Fsp3) is 0.533. The summed E-state index contributed by atoms with van der Waals surface area (Å²) in [6, 6.07) is 7.47. The highest BCUT2D eigenvalue weighted by Gasteiger charge is 2.28. The maximum absolute atomic E-state index is 12.0. The lowest BCUT2D eigenvalue weighted by Gasteiger charge is -2.34. The van der Waals surface area contributed by atoms with E-state index in [2.05, 4.69) is 12.2 Å². The van der Waals surface area contributed by atoms with Gasteiger partial charge in [-0.15, -0.1) is 0 Å². The quantitative estimate of drug-likeness (QED) is 0.887. The number of carbonyl (C=O) groups is 1. The monoisotopic (exact) mass is 265 g/mol. The van der Waals surface area contributed by atoms with E-state index in [0.29, 0.717) is 11.4 Å². The summed E-state index contributed by atoms with van der Waals surface area (Å²) in [5.41, 5.74) is 1.01. The fourth-order valence-electron chi connectivity index (χ4n) is 2.63. The van der Waals surface area contributed by atoms with Crippen LogP contribution in [0.15, 0.2) is 24.3 Å². The van der Waals surface area contributed by atoms with Crippen LogP contribution in [0.3, 0.4) is 0 Å². The molecule has 0 aromatic heterocycles. The molecule has 1 fully saturated rings. The molecule has 3 heteroatoms. The topological polar surface area (TPSA) is 29.1 Å². The highest BCUT2D eigenvalue weighted by atomic mass is 35.5. The molecule has 0 saturated heterocycles. The summed E-state index contributed by atoms with van der Waals surface area (Å²) in [7, 11) is 0. The predicted molar refractivity (Wildman–Crippen MR) is 74.8 cm³/mol. The van der Waals surface area contributed by atoms with Crippen LogP contribution in [0.4, 0.5) is 0 Å². The Bertz CT molecular complexity index is 407. The molecular weight excluding hydrogens is 246 g/mol. The van der Waals surface area contributed by atoms with Crippen LogP contribution in [0, 0.1) is 0 Å². The van der Waals surface area contributed by atoms with E-state index in [1.54, 1.807) is 0 Å². The maximum Gasteiger partial charge on any atom is 0.224 e. The van der Waals surface area contributed by atoms with Crippen molar-refractivity contribution in [3.05, 3.63) is 34.9 Å². The van der Waals surface area contributed by atoms with Crippen LogP contribution < -0.4 is 5.32 Å². The number of hydrogen-bond donors (Lipinski definition) is 1. The lowest BCUT2D eigenvalue weighted by molar-refractivity contribution is -0.122. The van der Waals surface area contributed by atoms with Crippen molar-refractivity contribution in [2.45, 2.75) is 51.0 Å². The Hall–Kier alpha value is -1.02. The van der Waals surface area contributed by atoms with Gasteiger partial charge in [-0.05, 0) is 37.5 Å². The summed E-state index contributed by atoms with van der Waals surface area (Å²) >= 11 is 5.83. The molecule has 18 heavy (non-hydrogen) atoms. The van der Waals surface area contributed by atoms with Gasteiger partial charge in [0.2, 0.25) is 5.91 Å². The third-order valence-corrected chi connectivity index (χ3v) is 3.93. The molecule has 0 radical (unpaired) electrons. The zero-order valence-electron chi connectivity index (χ0n) is 10.8. The first-order valence-electron chi connectivity index (χ1n) is 6.63. The third kappa shape index (κ3) is 3.74. The largest absolute Gasteiger partial charge is 0.351 e. The van der Waals surface area contributed by atoms with E-state index in [0.717, 1.165) is 18.4 Å². The van der Waals surface area contributed by atoms with Gasteiger partial charge in [0.25, 0.3) is 0 Å². The molecule has 2 nitrogen and oxygen atoms in total. The second-order valence-corrected chi connectivity index (χ2v) is 5.91. The van der Waals surface area contributed by atoms with Crippen LogP contribution in [0.1, 0.15) is 44.6 Å². The first-order valence-corrected chi connectivity index (χ1v) is 7.01. The molecule has 0 unspecified atom stereocenters. The number of carbonyl (C=O) groups excluding carboxylic acids is 1. The van der Waals surface area contributed by atoms with Gasteiger partial charge in [-0.1, -0.05) is 43.0 Å². The van der Waals surface area contributed by atoms with Crippen molar-refractivity contribution in [2.24, 2.45) is 0 Å². The fourth-order valence-corrected chi connectivity index (χ4v) is 2.75. The van der Waals surface area contributed by atoms with E-state index in [1.807, 2.05) is 24.3 Å². The van der Waals surface area contributed by atoms with E-state index in [1.165, 1.54) is 19.3 Å². The molecule has 1 aliphatic carbocycles. The Kier molecular flexibility index (Phi) is 4.28. The van der Waals surface area contributed by atoms with Crippen LogP contribution in [0.5, 0.6) is 0 Å². The van der Waals surface area contributed by atoms with E-state index in [9.17, 15) is 4.79 Å². The van der Waals surface area contributed by atoms with Gasteiger partial charge in [0.05, 0.1) is 6.42 Å². The van der Waals surface area contributed by atoms with Gasteiger partial charge in [-0.3, -0.25) is 4.79 Å². The Morgan fingerprint density at radius 3 is 2.44 bits per heavy atom. The van der Waals surface area contributed by atoms with Crippen LogP contribution in [-0.2, 0) is 11.2 Å². The molecule has 1 aromatic carbocycles. The summed E-state index contributed by atoms with van der Waals surface area (Å²) in [5.74, 6) is 0.113. The number of rotatable bonds is 3. The first kappa shape index (κ1) is 13.4. The highest BCUT2D eigenvalue weighted by Crippen LogP contribution is 2.27. The van der Waals surface area contributed by atoms with Gasteiger partial charge in [-0.25, -0.2) is 0 Å². The van der Waals surface area contributed by atoms with Gasteiger partial charge in [0, 0.05) is 10.6 Å². The first-order chi connectivity index (χ1) is 8.57. The number of benzene rings is 1. The molecule has 2 rings (SSSR count). The van der Waals surface area contributed by atoms with E-state index in [-0.39, 0.29) is 11.4 Å². The van der Waals surface area contributed by atoms with Crippen LogP contribution in [0.2, 0.25) is 5.02 Å². The molecular formula is C15H20ClNO. The number of amides is 1. The average Bonchev–Trinajstić information content (AvgIpc) is 2.32. The zero-order chi connectivity index (χ0) is 13.0. The molecule has 0 heterocycles. The van der Waals surface area contributed by atoms with Crippen molar-refractivity contribution in [3.63, 3.8) is 0 Å². The molecule has 1 aliphatic rings. The molecule has 1 aromatic rings. The predicted octanol–water partition coefficient (Wildman–Crippen LogP) is 3.72. The van der Waals surface area contributed by atoms with Crippen molar-refractivity contribution < 1.29 is 4.79 Å². The standard InChI is InChI=1S/C15H20ClNO/c1-15(9-3-2-4-10-15)17-14(18)11-12-5-7-13(16)8-6-12/h5-8H,2-4,9-11H2,1H3,(H,17,18). The summed E-state index contributed by atoms with van der Waals surface area (Å²) in [5, 5.41) is 3.89. The average molecular weight is 266 g/mol. The van der Waals surface area contributed by atoms with Crippen molar-refractivity contribution >= 4 is 17.5 Å². The lowest BCUT2D eigenvalue weighted by atomic mass is 9.83. The van der Waals surface area contributed by atoms with Crippen LogP contribution in [-0.4, -0.2) is 11.4 Å². The minimum absolute atomic E-state index is 0.00174. The Balaban J connectivity index is 1.90. The summed E-state index contributed by atoms with van der Waals surface area (Å²) in [4.78, 5) is 12.0. The summed E-state index contributed by atoms with van der Waals surface area (Å²) < 4.78 is 0. The van der Waals surface area contributed by atoms with Crippen molar-refractivity contribution in [3.8, 4) is 0 Å². The minimum atomic E-state index is 0.00174. The Morgan fingerprint density at radius 1 is 1.22 bits per heavy atom. The SMILES string of the molecule is CC1(NC(=O)Cc2ccc(Cl)cc2)CCCCC1. The van der Waals surface area contributed by atoms with Gasteiger partial charge in [0.15, 0.2) is 0 Å². The van der Waals surface area contributed by atoms with E-state index < -0.39 is 0 Å². The maximum atomic E-state index is 12.0. The second kappa shape index (κ2) is 5.75. The molecule has 1 amide bonds. The molecule has 0 atom stereocenters. The number of halogens is 1. The lowest BCUT2D eigenvalue weighted by Crippen LogP contribution is -2.47. The van der Waals surface area contributed by atoms with Gasteiger partial charge < -0.3 is 5.32 Å². The van der Waals surface area contributed by atoms with E-state index in [4.69, 9.17) is 11.6 Å². The second-order valence-electron chi connectivity index (χ2n) is 5.47. The smallest absolute Gasteiger partial charge is 0.224 e. The summed E-state index contributed by atoms with van der Waals surface area (Å²) in [6.45, 7) is 2.16. The van der Waals surface area contributed by atoms with Gasteiger partial charge in [0.1, 0.15) is 0 Å².